The first-order valence-electron chi connectivity index (χ1n) is 9.68. The zero-order valence-corrected chi connectivity index (χ0v) is 18.7. The van der Waals surface area contributed by atoms with E-state index in [0.717, 1.165) is 22.9 Å². The van der Waals surface area contributed by atoms with Crippen molar-refractivity contribution in [3.63, 3.8) is 0 Å². The molecule has 0 fully saturated rings. The van der Waals surface area contributed by atoms with Crippen LogP contribution >= 0.6 is 23.2 Å². The van der Waals surface area contributed by atoms with Gasteiger partial charge in [0.05, 0.1) is 0 Å². The molecule has 0 saturated carbocycles. The van der Waals surface area contributed by atoms with Crippen LogP contribution in [0.4, 0.5) is 0 Å². The fraction of sp³-hybridized carbons (Fsp3) is 0.500. The van der Waals surface area contributed by atoms with Gasteiger partial charge in [-0.2, -0.15) is 0 Å². The summed E-state index contributed by atoms with van der Waals surface area (Å²) in [5.74, 6) is 1.43. The minimum atomic E-state index is 0.453. The van der Waals surface area contributed by atoms with Crippen LogP contribution in [0.5, 0.6) is 0 Å². The largest absolute Gasteiger partial charge is 0.0840 e. The van der Waals surface area contributed by atoms with E-state index in [1.54, 1.807) is 0 Å². The minimum Gasteiger partial charge on any atom is -0.0840 e. The van der Waals surface area contributed by atoms with Crippen molar-refractivity contribution in [3.8, 4) is 0 Å². The fourth-order valence-electron chi connectivity index (χ4n) is 3.92. The van der Waals surface area contributed by atoms with Crippen LogP contribution in [0.1, 0.15) is 91.7 Å². The predicted octanol–water partition coefficient (Wildman–Crippen LogP) is 8.73. The molecule has 2 unspecified atom stereocenters. The van der Waals surface area contributed by atoms with Gasteiger partial charge in [0.25, 0.3) is 0 Å². The van der Waals surface area contributed by atoms with Crippen LogP contribution in [0.3, 0.4) is 0 Å². The monoisotopic (exact) mass is 390 g/mol. The molecule has 0 saturated heterocycles. The van der Waals surface area contributed by atoms with E-state index >= 15 is 0 Å². The molecule has 0 aliphatic rings. The van der Waals surface area contributed by atoms with Crippen molar-refractivity contribution in [2.24, 2.45) is 0 Å². The summed E-state index contributed by atoms with van der Waals surface area (Å²) in [6.45, 7) is 15.5. The Kier molecular flexibility index (Phi) is 7.22. The zero-order chi connectivity index (χ0) is 19.6. The molecule has 0 aliphatic carbocycles. The van der Waals surface area contributed by atoms with Crippen LogP contribution in [0, 0.1) is 20.8 Å². The first-order valence-corrected chi connectivity index (χ1v) is 10.4. The lowest BCUT2D eigenvalue weighted by atomic mass is 9.84. The summed E-state index contributed by atoms with van der Waals surface area (Å²) in [4.78, 5) is 0. The smallest absolute Gasteiger partial charge is 0.0445 e. The van der Waals surface area contributed by atoms with Crippen LogP contribution in [-0.4, -0.2) is 0 Å². The molecule has 0 bridgehead atoms. The molecule has 2 atom stereocenters. The second-order valence-electron chi connectivity index (χ2n) is 8.23. The average molecular weight is 391 g/mol. The van der Waals surface area contributed by atoms with Gasteiger partial charge in [-0.3, -0.25) is 0 Å². The van der Waals surface area contributed by atoms with Gasteiger partial charge in [-0.25, -0.2) is 0 Å². The molecule has 2 heteroatoms. The molecule has 0 aromatic heterocycles. The van der Waals surface area contributed by atoms with Crippen molar-refractivity contribution in [1.82, 2.24) is 0 Å². The molecule has 2 aromatic carbocycles. The molecule has 0 radical (unpaired) electrons. The van der Waals surface area contributed by atoms with Crippen molar-refractivity contribution in [2.45, 2.75) is 79.1 Å². The summed E-state index contributed by atoms with van der Waals surface area (Å²) in [5, 5.41) is 1.80. The number of benzene rings is 2. The van der Waals surface area contributed by atoms with Gasteiger partial charge >= 0.3 is 0 Å². The van der Waals surface area contributed by atoms with E-state index in [-0.39, 0.29) is 0 Å². The summed E-state index contributed by atoms with van der Waals surface area (Å²) in [7, 11) is 0. The molecule has 0 aliphatic heterocycles. The molecule has 0 amide bonds. The first kappa shape index (κ1) is 21.3. The standard InChI is InChI=1S/C24H32Cl2/c1-14(2)20-12-21(19(7)22(25)13-20)16(4)8-9-17(5)24-18(6)10-15(3)11-23(24)26/h10-14,16-17H,8-9H2,1-7H3. The normalized spacial score (nSPS) is 13.9. The van der Waals surface area contributed by atoms with Crippen molar-refractivity contribution in [3.05, 3.63) is 67.7 Å². The summed E-state index contributed by atoms with van der Waals surface area (Å²) in [5.41, 5.74) is 7.77. The Morgan fingerprint density at radius 1 is 0.769 bits per heavy atom. The summed E-state index contributed by atoms with van der Waals surface area (Å²) >= 11 is 13.1. The van der Waals surface area contributed by atoms with Crippen molar-refractivity contribution >= 4 is 23.2 Å². The van der Waals surface area contributed by atoms with E-state index in [9.17, 15) is 0 Å². The number of aryl methyl sites for hydroxylation is 2. The molecular formula is C24H32Cl2. The highest BCUT2D eigenvalue weighted by Gasteiger charge is 2.18. The van der Waals surface area contributed by atoms with Crippen LogP contribution in [0.25, 0.3) is 0 Å². The number of halogens is 2. The second-order valence-corrected chi connectivity index (χ2v) is 9.04. The van der Waals surface area contributed by atoms with Crippen molar-refractivity contribution < 1.29 is 0 Å². The number of hydrogen-bond donors (Lipinski definition) is 0. The molecule has 0 nitrogen and oxygen atoms in total. The maximum absolute atomic E-state index is 6.55. The van der Waals surface area contributed by atoms with E-state index in [1.807, 2.05) is 0 Å². The Morgan fingerprint density at radius 2 is 1.38 bits per heavy atom. The Hall–Kier alpha value is -0.980. The highest BCUT2D eigenvalue weighted by molar-refractivity contribution is 6.31. The number of hydrogen-bond acceptors (Lipinski definition) is 0. The molecule has 2 rings (SSSR count). The van der Waals surface area contributed by atoms with Crippen LogP contribution in [-0.2, 0) is 0 Å². The third kappa shape index (κ3) is 4.84. The van der Waals surface area contributed by atoms with Gasteiger partial charge in [-0.15, -0.1) is 0 Å². The van der Waals surface area contributed by atoms with E-state index in [4.69, 9.17) is 23.2 Å². The summed E-state index contributed by atoms with van der Waals surface area (Å²) < 4.78 is 0. The topological polar surface area (TPSA) is 0 Å². The van der Waals surface area contributed by atoms with Crippen molar-refractivity contribution in [2.75, 3.05) is 0 Å². The molecule has 0 spiro atoms. The lowest BCUT2D eigenvalue weighted by molar-refractivity contribution is 0.570. The van der Waals surface area contributed by atoms with Gasteiger partial charge in [0, 0.05) is 10.0 Å². The van der Waals surface area contributed by atoms with E-state index < -0.39 is 0 Å². The highest BCUT2D eigenvalue weighted by atomic mass is 35.5. The second kappa shape index (κ2) is 8.81. The first-order chi connectivity index (χ1) is 12.1. The minimum absolute atomic E-state index is 0.453. The molecule has 142 valence electrons. The molecule has 2 aromatic rings. The molecule has 0 heterocycles. The fourth-order valence-corrected chi connectivity index (χ4v) is 4.66. The average Bonchev–Trinajstić information content (AvgIpc) is 2.53. The Morgan fingerprint density at radius 3 is 1.96 bits per heavy atom. The van der Waals surface area contributed by atoms with Gasteiger partial charge in [0.15, 0.2) is 0 Å². The van der Waals surface area contributed by atoms with Gasteiger partial charge in [-0.1, -0.05) is 63.0 Å². The SMILES string of the molecule is Cc1cc(C)c(C(C)CCC(C)c2cc(C(C)C)cc(Cl)c2C)c(Cl)c1. The maximum atomic E-state index is 6.55. The third-order valence-corrected chi connectivity index (χ3v) is 6.32. The Bertz CT molecular complexity index is 751. The number of rotatable bonds is 6. The quantitative estimate of drug-likeness (QED) is 0.462. The third-order valence-electron chi connectivity index (χ3n) is 5.61. The highest BCUT2D eigenvalue weighted by Crippen LogP contribution is 2.36. The Labute approximate surface area is 169 Å². The van der Waals surface area contributed by atoms with Crippen LogP contribution in [0.15, 0.2) is 24.3 Å². The summed E-state index contributed by atoms with van der Waals surface area (Å²) in [6.07, 6.45) is 2.25. The van der Waals surface area contributed by atoms with Crippen LogP contribution < -0.4 is 0 Å². The van der Waals surface area contributed by atoms with Crippen molar-refractivity contribution in [1.29, 1.82) is 0 Å². The van der Waals surface area contributed by atoms with Gasteiger partial charge in [0.1, 0.15) is 0 Å². The summed E-state index contributed by atoms with van der Waals surface area (Å²) in [6, 6.07) is 8.79. The molecular weight excluding hydrogens is 359 g/mol. The van der Waals surface area contributed by atoms with E-state index in [1.165, 1.54) is 33.4 Å². The predicted molar refractivity (Wildman–Crippen MR) is 117 cm³/mol. The van der Waals surface area contributed by atoms with Gasteiger partial charge < -0.3 is 0 Å². The Balaban J connectivity index is 2.18. The van der Waals surface area contributed by atoms with E-state index in [0.29, 0.717) is 17.8 Å². The molecule has 26 heavy (non-hydrogen) atoms. The van der Waals surface area contributed by atoms with Crippen LogP contribution in [0.2, 0.25) is 10.0 Å². The lowest BCUT2D eigenvalue weighted by Gasteiger charge is -2.22. The van der Waals surface area contributed by atoms with Gasteiger partial charge in [-0.05, 0) is 96.9 Å². The van der Waals surface area contributed by atoms with Gasteiger partial charge in [0.2, 0.25) is 0 Å². The van der Waals surface area contributed by atoms with E-state index in [2.05, 4.69) is 72.7 Å². The lowest BCUT2D eigenvalue weighted by Crippen LogP contribution is -2.04. The zero-order valence-electron chi connectivity index (χ0n) is 17.2. The molecule has 0 N–H and O–H groups in total. The maximum Gasteiger partial charge on any atom is 0.0445 e.